The fraction of sp³-hybridized carbons (Fsp3) is 0.312. The maximum absolute atomic E-state index is 11.3. The van der Waals surface area contributed by atoms with Crippen molar-refractivity contribution in [2.24, 2.45) is 0 Å². The second kappa shape index (κ2) is 6.35. The molecule has 0 fully saturated rings. The SMILES string of the molecule is CCC(=O)Nc1ccc(Nc2c(C)cc(C)cc2C)nn1. The van der Waals surface area contributed by atoms with Gasteiger partial charge in [-0.1, -0.05) is 24.6 Å². The number of carbonyl (C=O) groups excluding carboxylic acids is 1. The summed E-state index contributed by atoms with van der Waals surface area (Å²) in [5, 5.41) is 14.0. The van der Waals surface area contributed by atoms with E-state index in [-0.39, 0.29) is 5.91 Å². The van der Waals surface area contributed by atoms with E-state index in [1.54, 1.807) is 19.1 Å². The number of nitrogens with zero attached hydrogens (tertiary/aromatic N) is 2. The first-order valence-electron chi connectivity index (χ1n) is 6.98. The Kier molecular flexibility index (Phi) is 4.52. The molecule has 0 atom stereocenters. The topological polar surface area (TPSA) is 66.9 Å². The van der Waals surface area contributed by atoms with E-state index in [4.69, 9.17) is 0 Å². The van der Waals surface area contributed by atoms with E-state index in [2.05, 4.69) is 53.7 Å². The molecule has 2 N–H and O–H groups in total. The number of aromatic nitrogens is 2. The van der Waals surface area contributed by atoms with Crippen LogP contribution in [0.5, 0.6) is 0 Å². The third-order valence-corrected chi connectivity index (χ3v) is 3.18. The lowest BCUT2D eigenvalue weighted by Crippen LogP contribution is -2.11. The zero-order valence-electron chi connectivity index (χ0n) is 12.8. The van der Waals surface area contributed by atoms with Gasteiger partial charge in [0.1, 0.15) is 0 Å². The van der Waals surface area contributed by atoms with E-state index in [9.17, 15) is 4.79 Å². The highest BCUT2D eigenvalue weighted by Gasteiger charge is 2.06. The fourth-order valence-corrected chi connectivity index (χ4v) is 2.20. The van der Waals surface area contributed by atoms with Gasteiger partial charge in [-0.15, -0.1) is 10.2 Å². The summed E-state index contributed by atoms with van der Waals surface area (Å²) in [5.74, 6) is 1.04. The molecule has 2 aromatic rings. The second-order valence-electron chi connectivity index (χ2n) is 5.10. The third kappa shape index (κ3) is 3.78. The van der Waals surface area contributed by atoms with E-state index in [0.717, 1.165) is 16.8 Å². The van der Waals surface area contributed by atoms with Crippen LogP contribution in [0.15, 0.2) is 24.3 Å². The van der Waals surface area contributed by atoms with Gasteiger partial charge in [-0.2, -0.15) is 0 Å². The van der Waals surface area contributed by atoms with Gasteiger partial charge in [0.2, 0.25) is 5.91 Å². The minimum atomic E-state index is -0.0739. The van der Waals surface area contributed by atoms with Gasteiger partial charge in [-0.3, -0.25) is 4.79 Å². The van der Waals surface area contributed by atoms with Gasteiger partial charge in [0.25, 0.3) is 0 Å². The average molecular weight is 284 g/mol. The Morgan fingerprint density at radius 3 is 2.14 bits per heavy atom. The molecule has 110 valence electrons. The Balaban J connectivity index is 2.16. The molecule has 0 spiro atoms. The molecule has 0 aliphatic rings. The Bertz CT molecular complexity index is 627. The van der Waals surface area contributed by atoms with E-state index in [0.29, 0.717) is 18.1 Å². The van der Waals surface area contributed by atoms with Crippen molar-refractivity contribution in [1.82, 2.24) is 10.2 Å². The first kappa shape index (κ1) is 15.0. The summed E-state index contributed by atoms with van der Waals surface area (Å²) in [4.78, 5) is 11.3. The van der Waals surface area contributed by atoms with Gasteiger partial charge < -0.3 is 10.6 Å². The zero-order valence-corrected chi connectivity index (χ0v) is 12.8. The number of carbonyl (C=O) groups is 1. The molecule has 0 bridgehead atoms. The number of hydrogen-bond donors (Lipinski definition) is 2. The van der Waals surface area contributed by atoms with Crippen LogP contribution in [0.4, 0.5) is 17.3 Å². The van der Waals surface area contributed by atoms with E-state index in [1.165, 1.54) is 5.56 Å². The summed E-state index contributed by atoms with van der Waals surface area (Å²) in [7, 11) is 0. The van der Waals surface area contributed by atoms with E-state index < -0.39 is 0 Å². The Morgan fingerprint density at radius 2 is 1.62 bits per heavy atom. The summed E-state index contributed by atoms with van der Waals surface area (Å²) in [6.07, 6.45) is 0.420. The summed E-state index contributed by atoms with van der Waals surface area (Å²) in [5.41, 5.74) is 4.61. The van der Waals surface area contributed by atoms with Crippen molar-refractivity contribution in [3.63, 3.8) is 0 Å². The fourth-order valence-electron chi connectivity index (χ4n) is 2.20. The standard InChI is InChI=1S/C16H20N4O/c1-5-15(21)17-13-6-7-14(20-19-13)18-16-11(3)8-10(2)9-12(16)4/h6-9H,5H2,1-4H3,(H,18,20)(H,17,19,21). The van der Waals surface area contributed by atoms with E-state index >= 15 is 0 Å². The monoisotopic (exact) mass is 284 g/mol. The molecule has 0 radical (unpaired) electrons. The minimum Gasteiger partial charge on any atom is -0.338 e. The lowest BCUT2D eigenvalue weighted by molar-refractivity contribution is -0.115. The molecular weight excluding hydrogens is 264 g/mol. The van der Waals surface area contributed by atoms with Crippen molar-refractivity contribution in [3.05, 3.63) is 41.0 Å². The maximum Gasteiger partial charge on any atom is 0.225 e. The number of hydrogen-bond acceptors (Lipinski definition) is 4. The van der Waals surface area contributed by atoms with Crippen LogP contribution in [-0.2, 0) is 4.79 Å². The first-order valence-corrected chi connectivity index (χ1v) is 6.98. The molecule has 2 rings (SSSR count). The highest BCUT2D eigenvalue weighted by molar-refractivity contribution is 5.89. The lowest BCUT2D eigenvalue weighted by Gasteiger charge is -2.13. The molecule has 1 aromatic heterocycles. The molecule has 0 aliphatic heterocycles. The van der Waals surface area contributed by atoms with Crippen LogP contribution in [0.1, 0.15) is 30.0 Å². The Hall–Kier alpha value is -2.43. The summed E-state index contributed by atoms with van der Waals surface area (Å²) in [6.45, 7) is 7.99. The van der Waals surface area contributed by atoms with Crippen LogP contribution in [0, 0.1) is 20.8 Å². The normalized spacial score (nSPS) is 10.3. The number of benzene rings is 1. The molecule has 5 heteroatoms. The van der Waals surface area contributed by atoms with Crippen molar-refractivity contribution >= 4 is 23.2 Å². The summed E-state index contributed by atoms with van der Waals surface area (Å²) < 4.78 is 0. The lowest BCUT2D eigenvalue weighted by atomic mass is 10.1. The third-order valence-electron chi connectivity index (χ3n) is 3.18. The summed E-state index contributed by atoms with van der Waals surface area (Å²) >= 11 is 0. The van der Waals surface area contributed by atoms with Gasteiger partial charge in [0, 0.05) is 12.1 Å². The van der Waals surface area contributed by atoms with Crippen molar-refractivity contribution in [2.45, 2.75) is 34.1 Å². The molecule has 0 unspecified atom stereocenters. The van der Waals surface area contributed by atoms with Gasteiger partial charge in [0.15, 0.2) is 11.6 Å². The van der Waals surface area contributed by atoms with Crippen LogP contribution in [0.3, 0.4) is 0 Å². The number of amides is 1. The van der Waals surface area contributed by atoms with Crippen molar-refractivity contribution in [2.75, 3.05) is 10.6 Å². The minimum absolute atomic E-state index is 0.0739. The van der Waals surface area contributed by atoms with Gasteiger partial charge in [-0.25, -0.2) is 0 Å². The van der Waals surface area contributed by atoms with Gasteiger partial charge in [0.05, 0.1) is 0 Å². The Labute approximate surface area is 124 Å². The molecule has 21 heavy (non-hydrogen) atoms. The number of aryl methyl sites for hydroxylation is 3. The number of nitrogens with one attached hydrogen (secondary N) is 2. The highest BCUT2D eigenvalue weighted by Crippen LogP contribution is 2.25. The van der Waals surface area contributed by atoms with Crippen LogP contribution in [0.2, 0.25) is 0 Å². The average Bonchev–Trinajstić information content (AvgIpc) is 2.44. The molecule has 5 nitrogen and oxygen atoms in total. The molecule has 1 aromatic carbocycles. The van der Waals surface area contributed by atoms with Gasteiger partial charge in [-0.05, 0) is 44.0 Å². The molecule has 0 saturated carbocycles. The molecule has 0 saturated heterocycles. The van der Waals surface area contributed by atoms with Crippen LogP contribution in [-0.4, -0.2) is 16.1 Å². The van der Waals surface area contributed by atoms with Crippen LogP contribution >= 0.6 is 0 Å². The largest absolute Gasteiger partial charge is 0.338 e. The zero-order chi connectivity index (χ0) is 15.4. The van der Waals surface area contributed by atoms with Gasteiger partial charge >= 0.3 is 0 Å². The molecule has 0 aliphatic carbocycles. The first-order chi connectivity index (χ1) is 9.99. The quantitative estimate of drug-likeness (QED) is 0.901. The molecule has 1 heterocycles. The Morgan fingerprint density at radius 1 is 1.05 bits per heavy atom. The van der Waals surface area contributed by atoms with Crippen LogP contribution < -0.4 is 10.6 Å². The molecular formula is C16H20N4O. The number of anilines is 3. The predicted molar refractivity (Wildman–Crippen MR) is 84.9 cm³/mol. The maximum atomic E-state index is 11.3. The highest BCUT2D eigenvalue weighted by atomic mass is 16.1. The summed E-state index contributed by atoms with van der Waals surface area (Å²) in [6, 6.07) is 7.79. The van der Waals surface area contributed by atoms with Crippen LogP contribution in [0.25, 0.3) is 0 Å². The number of rotatable bonds is 4. The van der Waals surface area contributed by atoms with Crippen molar-refractivity contribution in [1.29, 1.82) is 0 Å². The van der Waals surface area contributed by atoms with E-state index in [1.807, 2.05) is 0 Å². The van der Waals surface area contributed by atoms with Crippen molar-refractivity contribution in [3.8, 4) is 0 Å². The second-order valence-corrected chi connectivity index (χ2v) is 5.10. The predicted octanol–water partition coefficient (Wildman–Crippen LogP) is 3.49. The van der Waals surface area contributed by atoms with Crippen molar-refractivity contribution < 1.29 is 4.79 Å². The smallest absolute Gasteiger partial charge is 0.225 e. The molecule has 1 amide bonds.